The number of non-ortho nitro benzene ring substituents is 3. The zero-order valence-corrected chi connectivity index (χ0v) is 24.6. The van der Waals surface area contributed by atoms with Gasteiger partial charge in [-0.05, 0) is 31.5 Å². The molecule has 0 spiro atoms. The van der Waals surface area contributed by atoms with Gasteiger partial charge in [-0.1, -0.05) is 41.7 Å². The van der Waals surface area contributed by atoms with Crippen LogP contribution in [-0.4, -0.2) is 40.8 Å². The summed E-state index contributed by atoms with van der Waals surface area (Å²) in [6.07, 6.45) is -3.61. The first-order valence-corrected chi connectivity index (χ1v) is 13.0. The molecule has 0 saturated heterocycles. The number of halogens is 6. The molecule has 3 rings (SSSR count). The van der Waals surface area contributed by atoms with Crippen LogP contribution in [0.4, 0.5) is 30.2 Å². The Kier molecular flexibility index (Phi) is 15.3. The van der Waals surface area contributed by atoms with Crippen LogP contribution in [-0.2, 0) is 0 Å². The second-order valence-electron chi connectivity index (χ2n) is 7.80. The molecule has 12 nitrogen and oxygen atoms in total. The van der Waals surface area contributed by atoms with Gasteiger partial charge in [0.25, 0.3) is 17.1 Å². The fraction of sp³-hybridized carbons (Fsp3) is 0.280. The molecule has 0 N–H and O–H groups in total. The van der Waals surface area contributed by atoms with Crippen molar-refractivity contribution in [2.24, 2.45) is 0 Å². The lowest BCUT2D eigenvalue weighted by atomic mass is 10.3. The summed E-state index contributed by atoms with van der Waals surface area (Å²) in [6, 6.07) is 11.2. The normalized spacial score (nSPS) is 10.3. The lowest BCUT2D eigenvalue weighted by Gasteiger charge is -2.09. The molecule has 0 atom stereocenters. The van der Waals surface area contributed by atoms with Crippen molar-refractivity contribution in [3.05, 3.63) is 100 Å². The van der Waals surface area contributed by atoms with Gasteiger partial charge in [-0.2, -0.15) is 13.2 Å². The minimum absolute atomic E-state index is 0.0288. The summed E-state index contributed by atoms with van der Waals surface area (Å²) in [5, 5.41) is 31.3. The smallest absolute Gasteiger partial charge is 0.422 e. The number of hydrogen-bond acceptors (Lipinski definition) is 9. The second-order valence-corrected chi connectivity index (χ2v) is 9.02. The minimum Gasteiger partial charge on any atom is -0.492 e. The third-order valence-electron chi connectivity index (χ3n) is 4.53. The molecule has 0 aliphatic carbocycles. The monoisotopic (exact) mass is 671 g/mol. The molecule has 0 heterocycles. The number of ether oxygens (including phenoxy) is 3. The summed E-state index contributed by atoms with van der Waals surface area (Å²) in [7, 11) is 0. The Labute approximate surface area is 257 Å². The lowest BCUT2D eigenvalue weighted by Crippen LogP contribution is -2.19. The summed E-state index contributed by atoms with van der Waals surface area (Å²) < 4.78 is 50.2. The Hall–Kier alpha value is -4.08. The van der Waals surface area contributed by atoms with E-state index in [1.54, 1.807) is 0 Å². The fourth-order valence-corrected chi connectivity index (χ4v) is 3.38. The maximum atomic E-state index is 11.8. The van der Waals surface area contributed by atoms with E-state index >= 15 is 0 Å². The van der Waals surface area contributed by atoms with Crippen molar-refractivity contribution in [2.45, 2.75) is 26.4 Å². The maximum Gasteiger partial charge on any atom is 0.422 e. The van der Waals surface area contributed by atoms with Gasteiger partial charge >= 0.3 is 6.18 Å². The number of nitro benzene ring substituents is 3. The summed E-state index contributed by atoms with van der Waals surface area (Å²) in [6.45, 7) is 3.33. The molecule has 0 aliphatic rings. The van der Waals surface area contributed by atoms with Gasteiger partial charge in [-0.3, -0.25) is 30.3 Å². The largest absolute Gasteiger partial charge is 0.492 e. The van der Waals surface area contributed by atoms with Crippen molar-refractivity contribution < 1.29 is 42.2 Å². The first kappa shape index (κ1) is 36.9. The van der Waals surface area contributed by atoms with E-state index in [1.165, 1.54) is 36.4 Å². The summed E-state index contributed by atoms with van der Waals surface area (Å²) in [5.74, 6) is 0.707. The van der Waals surface area contributed by atoms with Crippen molar-refractivity contribution in [3.8, 4) is 17.2 Å². The van der Waals surface area contributed by atoms with Crippen LogP contribution in [0.2, 0.25) is 15.1 Å². The SMILES string of the molecule is CCCOc1ccc([N+](=O)[O-])cc1Cl.CCOc1ccc([N+](=O)[O-])cc1Cl.O=[N+]([O-])c1ccc(OCC(F)(F)F)c(Cl)c1. The molecule has 0 bridgehead atoms. The molecule has 234 valence electrons. The summed E-state index contributed by atoms with van der Waals surface area (Å²) >= 11 is 17.0. The van der Waals surface area contributed by atoms with Crippen molar-refractivity contribution >= 4 is 51.9 Å². The van der Waals surface area contributed by atoms with E-state index in [-0.39, 0.29) is 37.9 Å². The highest BCUT2D eigenvalue weighted by molar-refractivity contribution is 6.32. The Bertz CT molecular complexity index is 1410. The topological polar surface area (TPSA) is 157 Å². The average molecular weight is 673 g/mol. The van der Waals surface area contributed by atoms with Gasteiger partial charge in [0.2, 0.25) is 0 Å². The number of nitro groups is 3. The van der Waals surface area contributed by atoms with E-state index in [0.717, 1.165) is 24.6 Å². The molecule has 0 aromatic heterocycles. The minimum atomic E-state index is -4.48. The van der Waals surface area contributed by atoms with Gasteiger partial charge in [-0.25, -0.2) is 0 Å². The van der Waals surface area contributed by atoms with Crippen molar-refractivity contribution in [3.63, 3.8) is 0 Å². The predicted octanol–water partition coefficient (Wildman–Crippen LogP) is 8.87. The van der Waals surface area contributed by atoms with Crippen LogP contribution < -0.4 is 14.2 Å². The third-order valence-corrected chi connectivity index (χ3v) is 5.42. The van der Waals surface area contributed by atoms with Gasteiger partial charge in [-0.15, -0.1) is 0 Å². The van der Waals surface area contributed by atoms with Crippen molar-refractivity contribution in [2.75, 3.05) is 19.8 Å². The van der Waals surface area contributed by atoms with Crippen molar-refractivity contribution in [1.82, 2.24) is 0 Å². The quantitative estimate of drug-likeness (QED) is 0.151. The third kappa shape index (κ3) is 13.6. The summed E-state index contributed by atoms with van der Waals surface area (Å²) in [5.41, 5.74) is -0.378. The Morgan fingerprint density at radius 1 is 0.651 bits per heavy atom. The van der Waals surface area contributed by atoms with Crippen LogP contribution in [0.25, 0.3) is 0 Å². The zero-order chi connectivity index (χ0) is 32.7. The van der Waals surface area contributed by atoms with Crippen LogP contribution >= 0.6 is 34.8 Å². The molecular formula is C25H23Cl3F3N3O9. The van der Waals surface area contributed by atoms with Gasteiger partial charge in [0.05, 0.1) is 43.1 Å². The van der Waals surface area contributed by atoms with E-state index in [4.69, 9.17) is 44.3 Å². The molecule has 0 saturated carbocycles. The van der Waals surface area contributed by atoms with Crippen molar-refractivity contribution in [1.29, 1.82) is 0 Å². The second kappa shape index (κ2) is 17.8. The highest BCUT2D eigenvalue weighted by Crippen LogP contribution is 2.31. The average Bonchev–Trinajstić information content (AvgIpc) is 2.93. The van der Waals surface area contributed by atoms with Crippen LogP contribution in [0.5, 0.6) is 17.2 Å². The molecule has 3 aromatic carbocycles. The first-order valence-electron chi connectivity index (χ1n) is 11.9. The fourth-order valence-electron chi connectivity index (χ4n) is 2.69. The molecule has 0 amide bonds. The number of rotatable bonds is 10. The van der Waals surface area contributed by atoms with E-state index in [2.05, 4.69) is 4.74 Å². The molecule has 0 radical (unpaired) electrons. The molecular weight excluding hydrogens is 650 g/mol. The first-order chi connectivity index (χ1) is 20.1. The Morgan fingerprint density at radius 2 is 1.00 bits per heavy atom. The molecule has 3 aromatic rings. The molecule has 43 heavy (non-hydrogen) atoms. The maximum absolute atomic E-state index is 11.8. The van der Waals surface area contributed by atoms with Gasteiger partial charge in [0, 0.05) is 36.4 Å². The van der Waals surface area contributed by atoms with E-state index in [0.29, 0.717) is 24.7 Å². The van der Waals surface area contributed by atoms with Gasteiger partial charge in [0.15, 0.2) is 6.61 Å². The Morgan fingerprint density at radius 3 is 1.28 bits per heavy atom. The summed E-state index contributed by atoms with van der Waals surface area (Å²) in [4.78, 5) is 29.3. The number of nitrogens with zero attached hydrogens (tertiary/aromatic N) is 3. The lowest BCUT2D eigenvalue weighted by molar-refractivity contribution is -0.385. The molecule has 0 aliphatic heterocycles. The predicted molar refractivity (Wildman–Crippen MR) is 153 cm³/mol. The number of benzene rings is 3. The van der Waals surface area contributed by atoms with Crippen LogP contribution in [0.3, 0.4) is 0 Å². The highest BCUT2D eigenvalue weighted by atomic mass is 35.5. The highest BCUT2D eigenvalue weighted by Gasteiger charge is 2.29. The van der Waals surface area contributed by atoms with E-state index in [9.17, 15) is 43.5 Å². The molecule has 0 fully saturated rings. The van der Waals surface area contributed by atoms with E-state index in [1.807, 2.05) is 13.8 Å². The van der Waals surface area contributed by atoms with Crippen LogP contribution in [0.1, 0.15) is 20.3 Å². The Balaban J connectivity index is 0.000000324. The standard InChI is InChI=1S/C9H10ClNO3.C8H5ClF3NO3.C8H8ClNO3/c1-2-5-14-9-4-3-7(11(12)13)6-8(9)10;9-6-3-5(13(14)15)1-2-7(6)16-4-8(10,11)12;1-2-13-8-4-3-6(10(11)12)5-7(8)9/h3-4,6H,2,5H2,1H3;1-3H,4H2;3-5H,2H2,1H3. The molecule has 0 unspecified atom stereocenters. The molecule has 18 heteroatoms. The van der Waals surface area contributed by atoms with Gasteiger partial charge in [0.1, 0.15) is 17.2 Å². The number of hydrogen-bond donors (Lipinski definition) is 0. The number of alkyl halides is 3. The van der Waals surface area contributed by atoms with Crippen LogP contribution in [0.15, 0.2) is 54.6 Å². The van der Waals surface area contributed by atoms with E-state index < -0.39 is 27.6 Å². The van der Waals surface area contributed by atoms with Gasteiger partial charge < -0.3 is 14.2 Å². The zero-order valence-electron chi connectivity index (χ0n) is 22.3. The van der Waals surface area contributed by atoms with Crippen LogP contribution in [0, 0.1) is 30.3 Å².